The molecule has 0 aliphatic rings. The molecular formula is C18H22. The van der Waals surface area contributed by atoms with E-state index in [9.17, 15) is 0 Å². The average molecular weight is 238 g/mol. The fourth-order valence-corrected chi connectivity index (χ4v) is 2.52. The van der Waals surface area contributed by atoms with Gasteiger partial charge in [-0.3, -0.25) is 0 Å². The third-order valence-electron chi connectivity index (χ3n) is 3.81. The summed E-state index contributed by atoms with van der Waals surface area (Å²) in [5.74, 6) is 1.17. The molecule has 94 valence electrons. The molecule has 0 saturated heterocycles. The molecule has 2 aromatic carbocycles. The highest BCUT2D eigenvalue weighted by atomic mass is 14.2. The minimum absolute atomic E-state index is 0.511. The van der Waals surface area contributed by atoms with Crippen LogP contribution in [0.5, 0.6) is 0 Å². The van der Waals surface area contributed by atoms with Gasteiger partial charge in [-0.25, -0.2) is 0 Å². The molecular weight excluding hydrogens is 216 g/mol. The highest BCUT2D eigenvalue weighted by Crippen LogP contribution is 2.33. The smallest absolute Gasteiger partial charge is 0.0115 e. The van der Waals surface area contributed by atoms with Crippen molar-refractivity contribution in [1.29, 1.82) is 0 Å². The van der Waals surface area contributed by atoms with Gasteiger partial charge >= 0.3 is 0 Å². The summed E-state index contributed by atoms with van der Waals surface area (Å²) in [6.07, 6.45) is 1.20. The van der Waals surface area contributed by atoms with Crippen LogP contribution in [0.3, 0.4) is 0 Å². The van der Waals surface area contributed by atoms with Gasteiger partial charge < -0.3 is 0 Å². The molecule has 2 atom stereocenters. The molecule has 0 aliphatic heterocycles. The van der Waals surface area contributed by atoms with E-state index in [1.165, 1.54) is 23.1 Å². The summed E-state index contributed by atoms with van der Waals surface area (Å²) in [4.78, 5) is 0. The van der Waals surface area contributed by atoms with Crippen molar-refractivity contribution in [3.05, 3.63) is 71.3 Å². The highest BCUT2D eigenvalue weighted by molar-refractivity contribution is 5.34. The summed E-state index contributed by atoms with van der Waals surface area (Å²) in [5, 5.41) is 0. The standard InChI is InChI=1S/C18H22/c1-4-15(3)18(16-8-6-5-7-9-16)17-12-10-14(2)11-13-17/h5-13,15,18H,4H2,1-3H3. The van der Waals surface area contributed by atoms with E-state index >= 15 is 0 Å². The molecule has 2 rings (SSSR count). The minimum Gasteiger partial charge on any atom is -0.0651 e. The molecule has 0 saturated carbocycles. The summed E-state index contributed by atoms with van der Waals surface area (Å²) in [7, 11) is 0. The SMILES string of the molecule is CCC(C)C(c1ccccc1)c1ccc(C)cc1. The fraction of sp³-hybridized carbons (Fsp3) is 0.333. The van der Waals surface area contributed by atoms with Gasteiger partial charge in [0.05, 0.1) is 0 Å². The van der Waals surface area contributed by atoms with Crippen LogP contribution in [0.1, 0.15) is 42.9 Å². The van der Waals surface area contributed by atoms with Crippen LogP contribution in [-0.4, -0.2) is 0 Å². The first-order chi connectivity index (χ1) is 8.72. The van der Waals surface area contributed by atoms with Crippen molar-refractivity contribution in [3.8, 4) is 0 Å². The zero-order valence-corrected chi connectivity index (χ0v) is 11.6. The monoisotopic (exact) mass is 238 g/mol. The Morgan fingerprint density at radius 2 is 1.39 bits per heavy atom. The van der Waals surface area contributed by atoms with Crippen molar-refractivity contribution < 1.29 is 0 Å². The second-order valence-electron chi connectivity index (χ2n) is 5.18. The maximum atomic E-state index is 2.34. The van der Waals surface area contributed by atoms with E-state index in [2.05, 4.69) is 75.4 Å². The van der Waals surface area contributed by atoms with Crippen LogP contribution >= 0.6 is 0 Å². The molecule has 0 bridgehead atoms. The Morgan fingerprint density at radius 1 is 0.833 bits per heavy atom. The Hall–Kier alpha value is -1.56. The fourth-order valence-electron chi connectivity index (χ4n) is 2.52. The predicted octanol–water partition coefficient (Wildman–Crippen LogP) is 5.17. The summed E-state index contributed by atoms with van der Waals surface area (Å²) in [6.45, 7) is 6.76. The maximum absolute atomic E-state index is 2.34. The lowest BCUT2D eigenvalue weighted by Gasteiger charge is -2.24. The molecule has 0 fully saturated rings. The molecule has 0 nitrogen and oxygen atoms in total. The first-order valence-corrected chi connectivity index (χ1v) is 6.84. The Labute approximate surface area is 111 Å². The molecule has 0 radical (unpaired) electrons. The summed E-state index contributed by atoms with van der Waals surface area (Å²) in [6, 6.07) is 19.8. The van der Waals surface area contributed by atoms with E-state index in [1.54, 1.807) is 0 Å². The number of rotatable bonds is 4. The van der Waals surface area contributed by atoms with Gasteiger partial charge in [-0.15, -0.1) is 0 Å². The normalized spacial score (nSPS) is 14.2. The second kappa shape index (κ2) is 5.86. The lowest BCUT2D eigenvalue weighted by Crippen LogP contribution is -2.10. The quantitative estimate of drug-likeness (QED) is 0.689. The van der Waals surface area contributed by atoms with Gasteiger partial charge in [0, 0.05) is 5.92 Å². The van der Waals surface area contributed by atoms with Crippen LogP contribution < -0.4 is 0 Å². The van der Waals surface area contributed by atoms with Crippen LogP contribution in [0, 0.1) is 12.8 Å². The van der Waals surface area contributed by atoms with Gasteiger partial charge in [0.25, 0.3) is 0 Å². The molecule has 2 unspecified atom stereocenters. The molecule has 0 heteroatoms. The lowest BCUT2D eigenvalue weighted by atomic mass is 9.80. The minimum atomic E-state index is 0.511. The Balaban J connectivity index is 2.40. The first kappa shape index (κ1) is 12.9. The van der Waals surface area contributed by atoms with Crippen molar-refractivity contribution in [3.63, 3.8) is 0 Å². The first-order valence-electron chi connectivity index (χ1n) is 6.84. The lowest BCUT2D eigenvalue weighted by molar-refractivity contribution is 0.496. The summed E-state index contributed by atoms with van der Waals surface area (Å²) in [5.41, 5.74) is 4.19. The van der Waals surface area contributed by atoms with Gasteiger partial charge in [-0.1, -0.05) is 80.4 Å². The molecule has 0 aliphatic carbocycles. The van der Waals surface area contributed by atoms with Crippen LogP contribution in [-0.2, 0) is 0 Å². The van der Waals surface area contributed by atoms with Crippen molar-refractivity contribution in [2.45, 2.75) is 33.1 Å². The topological polar surface area (TPSA) is 0 Å². The third-order valence-corrected chi connectivity index (χ3v) is 3.81. The highest BCUT2D eigenvalue weighted by Gasteiger charge is 2.19. The average Bonchev–Trinajstić information content (AvgIpc) is 2.42. The van der Waals surface area contributed by atoms with Gasteiger partial charge in [-0.2, -0.15) is 0 Å². The van der Waals surface area contributed by atoms with Crippen LogP contribution in [0.25, 0.3) is 0 Å². The third kappa shape index (κ3) is 2.81. The number of hydrogen-bond acceptors (Lipinski definition) is 0. The molecule has 18 heavy (non-hydrogen) atoms. The van der Waals surface area contributed by atoms with Gasteiger partial charge in [0.15, 0.2) is 0 Å². The Bertz CT molecular complexity index is 467. The van der Waals surface area contributed by atoms with E-state index in [0.717, 1.165) is 0 Å². The van der Waals surface area contributed by atoms with E-state index in [1.807, 2.05) is 0 Å². The Morgan fingerprint density at radius 3 is 1.94 bits per heavy atom. The van der Waals surface area contributed by atoms with E-state index in [-0.39, 0.29) is 0 Å². The molecule has 2 aromatic rings. The van der Waals surface area contributed by atoms with Crippen molar-refractivity contribution in [2.75, 3.05) is 0 Å². The van der Waals surface area contributed by atoms with Gasteiger partial charge in [0.1, 0.15) is 0 Å². The predicted molar refractivity (Wildman–Crippen MR) is 78.9 cm³/mol. The van der Waals surface area contributed by atoms with Crippen LogP contribution in [0.2, 0.25) is 0 Å². The molecule has 0 spiro atoms. The Kier molecular flexibility index (Phi) is 4.19. The number of aryl methyl sites for hydroxylation is 1. The molecule has 0 aromatic heterocycles. The van der Waals surface area contributed by atoms with E-state index in [4.69, 9.17) is 0 Å². The van der Waals surface area contributed by atoms with Crippen molar-refractivity contribution in [2.24, 2.45) is 5.92 Å². The van der Waals surface area contributed by atoms with Gasteiger partial charge in [0.2, 0.25) is 0 Å². The van der Waals surface area contributed by atoms with E-state index in [0.29, 0.717) is 11.8 Å². The maximum Gasteiger partial charge on any atom is 0.0115 e. The largest absolute Gasteiger partial charge is 0.0651 e. The van der Waals surface area contributed by atoms with Gasteiger partial charge in [-0.05, 0) is 24.0 Å². The van der Waals surface area contributed by atoms with Crippen molar-refractivity contribution >= 4 is 0 Å². The summed E-state index contributed by atoms with van der Waals surface area (Å²) < 4.78 is 0. The van der Waals surface area contributed by atoms with Crippen LogP contribution in [0.4, 0.5) is 0 Å². The number of benzene rings is 2. The molecule has 0 amide bonds. The second-order valence-corrected chi connectivity index (χ2v) is 5.18. The zero-order valence-electron chi connectivity index (χ0n) is 11.6. The van der Waals surface area contributed by atoms with Crippen LogP contribution in [0.15, 0.2) is 54.6 Å². The molecule has 0 N–H and O–H groups in total. The van der Waals surface area contributed by atoms with E-state index < -0.39 is 0 Å². The summed E-state index contributed by atoms with van der Waals surface area (Å²) >= 11 is 0. The molecule has 0 heterocycles. The van der Waals surface area contributed by atoms with Crippen molar-refractivity contribution in [1.82, 2.24) is 0 Å². The zero-order chi connectivity index (χ0) is 13.0. The number of hydrogen-bond donors (Lipinski definition) is 0.